The van der Waals surface area contributed by atoms with Gasteiger partial charge in [-0.1, -0.05) is 6.42 Å². The zero-order valence-electron chi connectivity index (χ0n) is 12.9. The van der Waals surface area contributed by atoms with Gasteiger partial charge in [-0.15, -0.1) is 0 Å². The van der Waals surface area contributed by atoms with Gasteiger partial charge in [0.05, 0.1) is 5.60 Å². The molecule has 0 aromatic carbocycles. The van der Waals surface area contributed by atoms with Crippen molar-refractivity contribution >= 4 is 0 Å². The predicted octanol–water partition coefficient (Wildman–Crippen LogP) is 0.892. The van der Waals surface area contributed by atoms with Gasteiger partial charge in [0.25, 0.3) is 0 Å². The minimum absolute atomic E-state index is 0.262. The Hall–Kier alpha value is -0.160. The second-order valence-electron chi connectivity index (χ2n) is 7.20. The Bertz CT molecular complexity index is 308. The summed E-state index contributed by atoms with van der Waals surface area (Å²) in [6.07, 6.45) is 4.26. The van der Waals surface area contributed by atoms with E-state index in [1.807, 2.05) is 0 Å². The van der Waals surface area contributed by atoms with Gasteiger partial charge in [0.1, 0.15) is 0 Å². The van der Waals surface area contributed by atoms with Crippen molar-refractivity contribution in [2.45, 2.75) is 50.7 Å². The lowest BCUT2D eigenvalue weighted by Crippen LogP contribution is -2.57. The lowest BCUT2D eigenvalue weighted by Gasteiger charge is -2.45. The van der Waals surface area contributed by atoms with E-state index in [4.69, 9.17) is 5.73 Å². The van der Waals surface area contributed by atoms with Gasteiger partial charge in [0.2, 0.25) is 0 Å². The highest BCUT2D eigenvalue weighted by molar-refractivity contribution is 4.94. The fourth-order valence-corrected chi connectivity index (χ4v) is 3.68. The lowest BCUT2D eigenvalue weighted by molar-refractivity contribution is -0.00449. The average Bonchev–Trinajstić information content (AvgIpc) is 2.73. The van der Waals surface area contributed by atoms with Crippen LogP contribution in [0.15, 0.2) is 0 Å². The van der Waals surface area contributed by atoms with Crippen molar-refractivity contribution in [2.24, 2.45) is 11.7 Å². The number of hydrogen-bond acceptors (Lipinski definition) is 4. The molecule has 1 saturated heterocycles. The Balaban J connectivity index is 1.83. The van der Waals surface area contributed by atoms with Crippen LogP contribution >= 0.6 is 0 Å². The van der Waals surface area contributed by atoms with Gasteiger partial charge in [-0.2, -0.15) is 0 Å². The smallest absolute Gasteiger partial charge is 0.0797 e. The average molecular weight is 269 g/mol. The van der Waals surface area contributed by atoms with Crippen molar-refractivity contribution in [1.29, 1.82) is 0 Å². The molecule has 2 fully saturated rings. The Morgan fingerprint density at radius 1 is 1.32 bits per heavy atom. The van der Waals surface area contributed by atoms with Crippen LogP contribution in [0.25, 0.3) is 0 Å². The zero-order chi connectivity index (χ0) is 14.1. The summed E-state index contributed by atoms with van der Waals surface area (Å²) in [7, 11) is 2.21. The molecular formula is C15H31N3O. The van der Waals surface area contributed by atoms with Crippen LogP contribution in [0.3, 0.4) is 0 Å². The molecule has 0 bridgehead atoms. The topological polar surface area (TPSA) is 52.7 Å². The first-order valence-electron chi connectivity index (χ1n) is 7.73. The number of piperazine rings is 1. The molecule has 19 heavy (non-hydrogen) atoms. The van der Waals surface area contributed by atoms with E-state index in [1.54, 1.807) is 0 Å². The Morgan fingerprint density at radius 3 is 2.68 bits per heavy atom. The summed E-state index contributed by atoms with van der Waals surface area (Å²) in [6, 6.07) is 0. The largest absolute Gasteiger partial charge is 0.388 e. The second-order valence-corrected chi connectivity index (χ2v) is 7.20. The van der Waals surface area contributed by atoms with E-state index in [2.05, 4.69) is 30.7 Å². The quantitative estimate of drug-likeness (QED) is 0.796. The highest BCUT2D eigenvalue weighted by atomic mass is 16.3. The summed E-state index contributed by atoms with van der Waals surface area (Å²) in [4.78, 5) is 4.99. The maximum Gasteiger partial charge on any atom is 0.0797 e. The van der Waals surface area contributed by atoms with Crippen molar-refractivity contribution in [3.63, 3.8) is 0 Å². The SMILES string of the molecule is CN1CCN(CCC2CCCC2(O)CN)CC1(C)C. The molecule has 0 amide bonds. The van der Waals surface area contributed by atoms with E-state index in [1.165, 1.54) is 0 Å². The second kappa shape index (κ2) is 5.68. The van der Waals surface area contributed by atoms with Crippen molar-refractivity contribution in [3.05, 3.63) is 0 Å². The Labute approximate surface area is 117 Å². The number of hydrogen-bond donors (Lipinski definition) is 2. The number of likely N-dealkylation sites (N-methyl/N-ethyl adjacent to an activating group) is 1. The van der Waals surface area contributed by atoms with E-state index >= 15 is 0 Å². The first kappa shape index (κ1) is 15.2. The molecule has 2 unspecified atom stereocenters. The Kier molecular flexibility index (Phi) is 4.56. The van der Waals surface area contributed by atoms with Crippen LogP contribution in [0.5, 0.6) is 0 Å². The fraction of sp³-hybridized carbons (Fsp3) is 1.00. The molecule has 3 N–H and O–H groups in total. The van der Waals surface area contributed by atoms with E-state index in [0.717, 1.165) is 51.9 Å². The van der Waals surface area contributed by atoms with Crippen LogP contribution in [0.1, 0.15) is 39.5 Å². The van der Waals surface area contributed by atoms with Crippen LogP contribution in [0.4, 0.5) is 0 Å². The van der Waals surface area contributed by atoms with Gasteiger partial charge in [-0.05, 0) is 52.6 Å². The van der Waals surface area contributed by atoms with Crippen LogP contribution < -0.4 is 5.73 Å². The lowest BCUT2D eigenvalue weighted by atomic mass is 9.88. The summed E-state index contributed by atoms with van der Waals surface area (Å²) in [5, 5.41) is 10.5. The molecule has 4 heteroatoms. The summed E-state index contributed by atoms with van der Waals surface area (Å²) in [5.41, 5.74) is 5.44. The number of rotatable bonds is 4. The molecule has 0 radical (unpaired) electrons. The minimum atomic E-state index is -0.581. The van der Waals surface area contributed by atoms with Crippen LogP contribution in [-0.4, -0.2) is 65.8 Å². The monoisotopic (exact) mass is 269 g/mol. The molecule has 0 aromatic heterocycles. The standard InChI is InChI=1S/C15H31N3O/c1-14(2)12-18(10-9-17(14)3)8-6-13-5-4-7-15(13,19)11-16/h13,19H,4-12,16H2,1-3H3. The third-order valence-corrected chi connectivity index (χ3v) is 5.47. The van der Waals surface area contributed by atoms with Gasteiger partial charge in [-0.25, -0.2) is 0 Å². The van der Waals surface area contributed by atoms with Gasteiger partial charge in [0.15, 0.2) is 0 Å². The normalized spacial score (nSPS) is 36.8. The maximum absolute atomic E-state index is 10.5. The van der Waals surface area contributed by atoms with Crippen molar-refractivity contribution in [3.8, 4) is 0 Å². The van der Waals surface area contributed by atoms with Crippen molar-refractivity contribution in [1.82, 2.24) is 9.80 Å². The summed E-state index contributed by atoms with van der Waals surface area (Å²) >= 11 is 0. The van der Waals surface area contributed by atoms with E-state index in [0.29, 0.717) is 12.5 Å². The van der Waals surface area contributed by atoms with Crippen molar-refractivity contribution < 1.29 is 5.11 Å². The molecule has 112 valence electrons. The highest BCUT2D eigenvalue weighted by Gasteiger charge is 2.40. The molecule has 2 atom stereocenters. The molecule has 0 aromatic rings. The minimum Gasteiger partial charge on any atom is -0.388 e. The van der Waals surface area contributed by atoms with Gasteiger partial charge < -0.3 is 15.7 Å². The molecule has 1 aliphatic carbocycles. The van der Waals surface area contributed by atoms with E-state index < -0.39 is 5.60 Å². The summed E-state index contributed by atoms with van der Waals surface area (Å²) in [5.74, 6) is 0.403. The molecule has 1 heterocycles. The molecule has 2 aliphatic rings. The first-order chi connectivity index (χ1) is 8.87. The van der Waals surface area contributed by atoms with Gasteiger partial charge in [-0.3, -0.25) is 4.90 Å². The number of aliphatic hydroxyl groups is 1. The predicted molar refractivity (Wildman–Crippen MR) is 79.1 cm³/mol. The van der Waals surface area contributed by atoms with Crippen molar-refractivity contribution in [2.75, 3.05) is 39.8 Å². The number of nitrogens with zero attached hydrogens (tertiary/aromatic N) is 2. The van der Waals surface area contributed by atoms with Crippen LogP contribution in [-0.2, 0) is 0 Å². The molecule has 1 saturated carbocycles. The van der Waals surface area contributed by atoms with Gasteiger partial charge in [0, 0.05) is 31.7 Å². The molecule has 1 aliphatic heterocycles. The van der Waals surface area contributed by atoms with E-state index in [-0.39, 0.29) is 5.54 Å². The third kappa shape index (κ3) is 3.30. The maximum atomic E-state index is 10.5. The van der Waals surface area contributed by atoms with Crippen LogP contribution in [0, 0.1) is 5.92 Å². The summed E-state index contributed by atoms with van der Waals surface area (Å²) < 4.78 is 0. The Morgan fingerprint density at radius 2 is 2.05 bits per heavy atom. The number of nitrogens with two attached hydrogens (primary N) is 1. The highest BCUT2D eigenvalue weighted by Crippen LogP contribution is 2.37. The van der Waals surface area contributed by atoms with Gasteiger partial charge >= 0.3 is 0 Å². The van der Waals surface area contributed by atoms with Crippen LogP contribution in [0.2, 0.25) is 0 Å². The summed E-state index contributed by atoms with van der Waals surface area (Å²) in [6.45, 7) is 9.55. The zero-order valence-corrected chi connectivity index (χ0v) is 12.9. The first-order valence-corrected chi connectivity index (χ1v) is 7.73. The fourth-order valence-electron chi connectivity index (χ4n) is 3.68. The molecular weight excluding hydrogens is 238 g/mol. The third-order valence-electron chi connectivity index (χ3n) is 5.47. The molecule has 2 rings (SSSR count). The molecule has 4 nitrogen and oxygen atoms in total. The van der Waals surface area contributed by atoms with E-state index in [9.17, 15) is 5.11 Å². The molecule has 0 spiro atoms.